The fraction of sp³-hybridized carbons (Fsp3) is 0.923. The summed E-state index contributed by atoms with van der Waals surface area (Å²) in [6, 6.07) is 0. The minimum Gasteiger partial charge on any atom is -0.355 e. The van der Waals surface area contributed by atoms with Crippen LogP contribution in [0.3, 0.4) is 0 Å². The van der Waals surface area contributed by atoms with Crippen LogP contribution in [0, 0.1) is 11.8 Å². The van der Waals surface area contributed by atoms with Gasteiger partial charge in [0.2, 0.25) is 5.96 Å². The third kappa shape index (κ3) is 5.39. The highest BCUT2D eigenvalue weighted by atomic mass is 15.3. The first-order valence-electron chi connectivity index (χ1n) is 7.05. The Morgan fingerprint density at radius 1 is 1.18 bits per heavy atom. The fourth-order valence-electron chi connectivity index (χ4n) is 2.44. The standard InChI is InChI=1S/C13H28N4/c1-3-9-15-13(17-14)16-10-12-7-5-11(4-2)6-8-12/h11-12H,3-10,14H2,1-2H3,(H2,15,16,17). The first-order valence-corrected chi connectivity index (χ1v) is 7.05. The Balaban J connectivity index is 2.26. The van der Waals surface area contributed by atoms with Crippen molar-refractivity contribution in [3.05, 3.63) is 0 Å². The smallest absolute Gasteiger partial charge is 0.205 e. The Morgan fingerprint density at radius 3 is 2.35 bits per heavy atom. The van der Waals surface area contributed by atoms with Crippen LogP contribution in [0.2, 0.25) is 0 Å². The van der Waals surface area contributed by atoms with Gasteiger partial charge in [0.25, 0.3) is 0 Å². The average Bonchev–Trinajstić information content (AvgIpc) is 2.39. The van der Waals surface area contributed by atoms with Crippen LogP contribution in [0.25, 0.3) is 0 Å². The molecule has 4 heteroatoms. The normalized spacial score (nSPS) is 25.7. The number of nitrogens with two attached hydrogens (primary N) is 1. The molecule has 0 saturated heterocycles. The maximum Gasteiger partial charge on any atom is 0.205 e. The van der Waals surface area contributed by atoms with E-state index >= 15 is 0 Å². The number of guanidine groups is 1. The van der Waals surface area contributed by atoms with Crippen molar-refractivity contribution >= 4 is 5.96 Å². The quantitative estimate of drug-likeness (QED) is 0.298. The van der Waals surface area contributed by atoms with Gasteiger partial charge < -0.3 is 5.32 Å². The van der Waals surface area contributed by atoms with E-state index in [0.29, 0.717) is 0 Å². The van der Waals surface area contributed by atoms with Gasteiger partial charge in [0.15, 0.2) is 0 Å². The minimum atomic E-state index is 0.740. The van der Waals surface area contributed by atoms with Crippen molar-refractivity contribution in [3.8, 4) is 0 Å². The van der Waals surface area contributed by atoms with E-state index < -0.39 is 0 Å². The van der Waals surface area contributed by atoms with E-state index in [-0.39, 0.29) is 0 Å². The molecule has 0 radical (unpaired) electrons. The molecular formula is C13H28N4. The van der Waals surface area contributed by atoms with Gasteiger partial charge in [-0.1, -0.05) is 33.1 Å². The molecule has 100 valence electrons. The van der Waals surface area contributed by atoms with Crippen LogP contribution in [0.4, 0.5) is 0 Å². The molecule has 0 unspecified atom stereocenters. The molecule has 4 N–H and O–H groups in total. The van der Waals surface area contributed by atoms with Crippen molar-refractivity contribution in [2.75, 3.05) is 13.1 Å². The molecular weight excluding hydrogens is 212 g/mol. The molecule has 0 spiro atoms. The SMILES string of the molecule is CCCNC(=NCC1CCC(CC)CC1)NN. The molecule has 17 heavy (non-hydrogen) atoms. The maximum atomic E-state index is 5.43. The molecule has 1 saturated carbocycles. The van der Waals surface area contributed by atoms with Crippen molar-refractivity contribution in [1.82, 2.24) is 10.7 Å². The van der Waals surface area contributed by atoms with E-state index in [2.05, 4.69) is 29.6 Å². The molecule has 0 aromatic rings. The summed E-state index contributed by atoms with van der Waals surface area (Å²) in [4.78, 5) is 4.52. The Labute approximate surface area is 105 Å². The summed E-state index contributed by atoms with van der Waals surface area (Å²) in [6.07, 6.45) is 7.84. The highest BCUT2D eigenvalue weighted by Gasteiger charge is 2.19. The zero-order valence-corrected chi connectivity index (χ0v) is 11.3. The number of aliphatic imine (C=N–C) groups is 1. The van der Waals surface area contributed by atoms with Crippen LogP contribution in [0.5, 0.6) is 0 Å². The van der Waals surface area contributed by atoms with Gasteiger partial charge in [-0.3, -0.25) is 10.4 Å². The summed E-state index contributed by atoms with van der Waals surface area (Å²) in [6.45, 7) is 6.26. The van der Waals surface area contributed by atoms with Crippen molar-refractivity contribution in [2.45, 2.75) is 52.4 Å². The van der Waals surface area contributed by atoms with Gasteiger partial charge in [0.05, 0.1) is 0 Å². The Morgan fingerprint density at radius 2 is 1.82 bits per heavy atom. The number of hydrazine groups is 1. The average molecular weight is 240 g/mol. The number of hydrogen-bond acceptors (Lipinski definition) is 2. The van der Waals surface area contributed by atoms with Crippen LogP contribution in [-0.4, -0.2) is 19.0 Å². The first-order chi connectivity index (χ1) is 8.30. The van der Waals surface area contributed by atoms with E-state index in [1.165, 1.54) is 32.1 Å². The monoisotopic (exact) mass is 240 g/mol. The van der Waals surface area contributed by atoms with E-state index in [0.717, 1.165) is 37.3 Å². The molecule has 1 rings (SSSR count). The highest BCUT2D eigenvalue weighted by molar-refractivity contribution is 5.79. The molecule has 0 atom stereocenters. The van der Waals surface area contributed by atoms with Crippen molar-refractivity contribution in [2.24, 2.45) is 22.7 Å². The van der Waals surface area contributed by atoms with Gasteiger partial charge in [-0.25, -0.2) is 5.84 Å². The lowest BCUT2D eigenvalue weighted by Gasteiger charge is -2.26. The molecule has 0 bridgehead atoms. The zero-order valence-electron chi connectivity index (χ0n) is 11.3. The van der Waals surface area contributed by atoms with Crippen LogP contribution >= 0.6 is 0 Å². The molecule has 0 aliphatic heterocycles. The van der Waals surface area contributed by atoms with Crippen LogP contribution < -0.4 is 16.6 Å². The number of hydrogen-bond donors (Lipinski definition) is 3. The molecule has 0 aromatic carbocycles. The van der Waals surface area contributed by atoms with Crippen LogP contribution in [0.1, 0.15) is 52.4 Å². The second kappa shape index (κ2) is 8.34. The second-order valence-electron chi connectivity index (χ2n) is 5.06. The van der Waals surface area contributed by atoms with Gasteiger partial charge in [-0.15, -0.1) is 0 Å². The third-order valence-electron chi connectivity index (χ3n) is 3.73. The molecule has 0 heterocycles. The molecule has 4 nitrogen and oxygen atoms in total. The third-order valence-corrected chi connectivity index (χ3v) is 3.73. The summed E-state index contributed by atoms with van der Waals surface area (Å²) in [5.41, 5.74) is 2.64. The highest BCUT2D eigenvalue weighted by Crippen LogP contribution is 2.30. The molecule has 1 fully saturated rings. The van der Waals surface area contributed by atoms with E-state index in [9.17, 15) is 0 Å². The van der Waals surface area contributed by atoms with Crippen LogP contribution in [0.15, 0.2) is 4.99 Å². The number of nitrogens with zero attached hydrogens (tertiary/aromatic N) is 1. The van der Waals surface area contributed by atoms with Gasteiger partial charge in [0, 0.05) is 13.1 Å². The van der Waals surface area contributed by atoms with E-state index in [1.54, 1.807) is 0 Å². The maximum absolute atomic E-state index is 5.43. The van der Waals surface area contributed by atoms with Gasteiger partial charge >= 0.3 is 0 Å². The van der Waals surface area contributed by atoms with Crippen molar-refractivity contribution < 1.29 is 0 Å². The second-order valence-corrected chi connectivity index (χ2v) is 5.06. The summed E-state index contributed by atoms with van der Waals surface area (Å²) in [7, 11) is 0. The summed E-state index contributed by atoms with van der Waals surface area (Å²) in [5.74, 6) is 7.88. The largest absolute Gasteiger partial charge is 0.355 e. The van der Waals surface area contributed by atoms with Gasteiger partial charge in [0.1, 0.15) is 0 Å². The first kappa shape index (κ1) is 14.3. The van der Waals surface area contributed by atoms with Gasteiger partial charge in [-0.05, 0) is 31.1 Å². The minimum absolute atomic E-state index is 0.740. The predicted octanol–water partition coefficient (Wildman–Crippen LogP) is 2.02. The molecule has 1 aliphatic carbocycles. The van der Waals surface area contributed by atoms with Gasteiger partial charge in [-0.2, -0.15) is 0 Å². The summed E-state index contributed by atoms with van der Waals surface area (Å²) >= 11 is 0. The lowest BCUT2D eigenvalue weighted by Crippen LogP contribution is -2.42. The number of nitrogens with one attached hydrogen (secondary N) is 2. The fourth-order valence-corrected chi connectivity index (χ4v) is 2.44. The lowest BCUT2D eigenvalue weighted by atomic mass is 9.81. The molecule has 0 aromatic heterocycles. The Bertz CT molecular complexity index is 219. The van der Waals surface area contributed by atoms with Crippen molar-refractivity contribution in [3.63, 3.8) is 0 Å². The lowest BCUT2D eigenvalue weighted by molar-refractivity contribution is 0.274. The van der Waals surface area contributed by atoms with Crippen LogP contribution in [-0.2, 0) is 0 Å². The Kier molecular flexibility index (Phi) is 7.01. The molecule has 0 amide bonds. The van der Waals surface area contributed by atoms with Crippen molar-refractivity contribution in [1.29, 1.82) is 0 Å². The number of rotatable bonds is 5. The zero-order chi connectivity index (χ0) is 12.5. The van der Waals surface area contributed by atoms with E-state index in [4.69, 9.17) is 5.84 Å². The summed E-state index contributed by atoms with van der Waals surface area (Å²) < 4.78 is 0. The predicted molar refractivity (Wildman–Crippen MR) is 73.7 cm³/mol. The van der Waals surface area contributed by atoms with E-state index in [1.807, 2.05) is 0 Å². The Hall–Kier alpha value is -0.770. The summed E-state index contributed by atoms with van der Waals surface area (Å²) in [5, 5.41) is 3.19. The molecule has 1 aliphatic rings. The topological polar surface area (TPSA) is 62.4 Å².